The molecule has 7 nitrogen and oxygen atoms in total. The van der Waals surface area contributed by atoms with Crippen molar-refractivity contribution >= 4 is 29.3 Å². The predicted octanol–water partition coefficient (Wildman–Crippen LogP) is 3.32. The monoisotopic (exact) mass is 406 g/mol. The van der Waals surface area contributed by atoms with Crippen molar-refractivity contribution in [3.63, 3.8) is 0 Å². The van der Waals surface area contributed by atoms with Crippen LogP contribution in [-0.4, -0.2) is 39.6 Å². The lowest BCUT2D eigenvalue weighted by molar-refractivity contribution is -0.118. The Kier molecular flexibility index (Phi) is 6.41. The standard InChI is InChI=1S/C18H19ClN4O3S/c1-12-15(7-9-25-12)17-21-22-18(23(17)2)27-11-16(24)20-8-10-26-14-5-3-13(19)4-6-14/h3-7,9H,8,10-11H2,1-2H3,(H,20,24). The van der Waals surface area contributed by atoms with E-state index in [2.05, 4.69) is 15.5 Å². The molecule has 1 N–H and O–H groups in total. The quantitative estimate of drug-likeness (QED) is 0.456. The Balaban J connectivity index is 1.42. The van der Waals surface area contributed by atoms with E-state index < -0.39 is 0 Å². The van der Waals surface area contributed by atoms with Crippen molar-refractivity contribution in [2.45, 2.75) is 12.1 Å². The molecule has 2 aromatic heterocycles. The summed E-state index contributed by atoms with van der Waals surface area (Å²) in [6, 6.07) is 8.93. The van der Waals surface area contributed by atoms with Crippen LogP contribution in [0, 0.1) is 6.92 Å². The summed E-state index contributed by atoms with van der Waals surface area (Å²) < 4.78 is 12.7. The molecule has 1 aromatic carbocycles. The van der Waals surface area contributed by atoms with Gasteiger partial charge in [0, 0.05) is 12.1 Å². The van der Waals surface area contributed by atoms with Gasteiger partial charge in [0.25, 0.3) is 0 Å². The molecule has 9 heteroatoms. The second-order valence-corrected chi connectivity index (χ2v) is 7.08. The number of hydrogen-bond donors (Lipinski definition) is 1. The normalized spacial score (nSPS) is 10.8. The summed E-state index contributed by atoms with van der Waals surface area (Å²) in [6.45, 7) is 2.67. The Hall–Kier alpha value is -2.45. The molecule has 27 heavy (non-hydrogen) atoms. The van der Waals surface area contributed by atoms with Gasteiger partial charge < -0.3 is 19.0 Å². The lowest BCUT2D eigenvalue weighted by Gasteiger charge is -2.08. The molecule has 0 atom stereocenters. The summed E-state index contributed by atoms with van der Waals surface area (Å²) in [7, 11) is 1.86. The molecule has 0 aliphatic carbocycles. The number of halogens is 1. The van der Waals surface area contributed by atoms with Crippen LogP contribution in [0.25, 0.3) is 11.4 Å². The van der Waals surface area contributed by atoms with Crippen LogP contribution in [-0.2, 0) is 11.8 Å². The van der Waals surface area contributed by atoms with Crippen molar-refractivity contribution in [3.8, 4) is 17.1 Å². The molecule has 0 aliphatic rings. The van der Waals surface area contributed by atoms with Gasteiger partial charge in [-0.25, -0.2) is 0 Å². The fourth-order valence-electron chi connectivity index (χ4n) is 2.36. The molecule has 3 rings (SSSR count). The van der Waals surface area contributed by atoms with Crippen LogP contribution in [0.15, 0.2) is 46.2 Å². The molecule has 0 fully saturated rings. The maximum atomic E-state index is 12.0. The first-order valence-corrected chi connectivity index (χ1v) is 9.62. The number of benzene rings is 1. The third-order valence-corrected chi connectivity index (χ3v) is 5.05. The van der Waals surface area contributed by atoms with Crippen molar-refractivity contribution in [3.05, 3.63) is 47.4 Å². The maximum Gasteiger partial charge on any atom is 0.230 e. The van der Waals surface area contributed by atoms with Crippen LogP contribution in [0.3, 0.4) is 0 Å². The maximum absolute atomic E-state index is 12.0. The van der Waals surface area contributed by atoms with E-state index in [-0.39, 0.29) is 11.7 Å². The number of aromatic nitrogens is 3. The molecule has 0 saturated heterocycles. The lowest BCUT2D eigenvalue weighted by Crippen LogP contribution is -2.29. The topological polar surface area (TPSA) is 82.2 Å². The molecule has 0 spiro atoms. The van der Waals surface area contributed by atoms with Crippen LogP contribution in [0.2, 0.25) is 5.02 Å². The molecule has 0 aliphatic heterocycles. The fraction of sp³-hybridized carbons (Fsp3) is 0.278. The smallest absolute Gasteiger partial charge is 0.230 e. The predicted molar refractivity (Wildman–Crippen MR) is 104 cm³/mol. The van der Waals surface area contributed by atoms with Crippen molar-refractivity contribution in [2.75, 3.05) is 18.9 Å². The Morgan fingerprint density at radius 2 is 2.07 bits per heavy atom. The Bertz CT molecular complexity index is 908. The van der Waals surface area contributed by atoms with Crippen LogP contribution in [0.5, 0.6) is 5.75 Å². The first-order chi connectivity index (χ1) is 13.0. The van der Waals surface area contributed by atoms with Gasteiger partial charge in [0.05, 0.1) is 24.1 Å². The number of amides is 1. The molecule has 0 saturated carbocycles. The number of carbonyl (C=O) groups is 1. The number of ether oxygens (including phenoxy) is 1. The van der Waals surface area contributed by atoms with E-state index in [1.54, 1.807) is 30.5 Å². The number of furan rings is 1. The molecule has 0 radical (unpaired) electrons. The second-order valence-electron chi connectivity index (χ2n) is 5.70. The fourth-order valence-corrected chi connectivity index (χ4v) is 3.23. The van der Waals surface area contributed by atoms with E-state index in [1.165, 1.54) is 11.8 Å². The summed E-state index contributed by atoms with van der Waals surface area (Å²) in [6.07, 6.45) is 1.62. The van der Waals surface area contributed by atoms with Gasteiger partial charge in [-0.15, -0.1) is 10.2 Å². The number of nitrogens with zero attached hydrogens (tertiary/aromatic N) is 3. The summed E-state index contributed by atoms with van der Waals surface area (Å²) in [5, 5.41) is 12.5. The van der Waals surface area contributed by atoms with E-state index in [4.69, 9.17) is 20.8 Å². The first-order valence-electron chi connectivity index (χ1n) is 8.26. The minimum atomic E-state index is -0.0938. The Morgan fingerprint density at radius 3 is 2.78 bits per heavy atom. The second kappa shape index (κ2) is 8.96. The van der Waals surface area contributed by atoms with Crippen molar-refractivity contribution in [1.29, 1.82) is 0 Å². The number of thioether (sulfide) groups is 1. The molecule has 0 bridgehead atoms. The van der Waals surface area contributed by atoms with E-state index in [0.29, 0.717) is 34.9 Å². The van der Waals surface area contributed by atoms with Gasteiger partial charge in [-0.05, 0) is 37.3 Å². The largest absolute Gasteiger partial charge is 0.492 e. The number of hydrogen-bond acceptors (Lipinski definition) is 6. The molecule has 0 unspecified atom stereocenters. The highest BCUT2D eigenvalue weighted by Gasteiger charge is 2.15. The van der Waals surface area contributed by atoms with E-state index in [0.717, 1.165) is 11.3 Å². The number of rotatable bonds is 8. The highest BCUT2D eigenvalue weighted by molar-refractivity contribution is 7.99. The highest BCUT2D eigenvalue weighted by Crippen LogP contribution is 2.25. The molecular weight excluding hydrogens is 388 g/mol. The van der Waals surface area contributed by atoms with Gasteiger partial charge in [-0.3, -0.25) is 4.79 Å². The van der Waals surface area contributed by atoms with Gasteiger partial charge in [0.15, 0.2) is 11.0 Å². The van der Waals surface area contributed by atoms with Gasteiger partial charge in [0.2, 0.25) is 5.91 Å². The van der Waals surface area contributed by atoms with Crippen LogP contribution in [0.4, 0.5) is 0 Å². The van der Waals surface area contributed by atoms with Crippen molar-refractivity contribution < 1.29 is 13.9 Å². The summed E-state index contributed by atoms with van der Waals surface area (Å²) >= 11 is 7.14. The van der Waals surface area contributed by atoms with Gasteiger partial charge in [-0.1, -0.05) is 23.4 Å². The number of aryl methyl sites for hydroxylation is 1. The van der Waals surface area contributed by atoms with E-state index in [9.17, 15) is 4.79 Å². The minimum absolute atomic E-state index is 0.0938. The zero-order valence-corrected chi connectivity index (χ0v) is 16.5. The van der Waals surface area contributed by atoms with E-state index in [1.807, 2.05) is 24.6 Å². The average Bonchev–Trinajstić information content (AvgIpc) is 3.23. The van der Waals surface area contributed by atoms with Crippen LogP contribution >= 0.6 is 23.4 Å². The minimum Gasteiger partial charge on any atom is -0.492 e. The molecular formula is C18H19ClN4O3S. The van der Waals surface area contributed by atoms with Gasteiger partial charge in [-0.2, -0.15) is 0 Å². The van der Waals surface area contributed by atoms with Gasteiger partial charge >= 0.3 is 0 Å². The van der Waals surface area contributed by atoms with Crippen molar-refractivity contribution in [2.24, 2.45) is 7.05 Å². The van der Waals surface area contributed by atoms with Crippen LogP contribution < -0.4 is 10.1 Å². The zero-order valence-electron chi connectivity index (χ0n) is 14.9. The molecule has 142 valence electrons. The SMILES string of the molecule is Cc1occc1-c1nnc(SCC(=O)NCCOc2ccc(Cl)cc2)n1C. The molecule has 3 aromatic rings. The third kappa shape index (κ3) is 5.05. The van der Waals surface area contributed by atoms with Crippen LogP contribution in [0.1, 0.15) is 5.76 Å². The summed E-state index contributed by atoms with van der Waals surface area (Å²) in [5.41, 5.74) is 0.889. The first kappa shape index (κ1) is 19.3. The zero-order chi connectivity index (χ0) is 19.2. The number of carbonyl (C=O) groups excluding carboxylic acids is 1. The Labute approximate surface area is 166 Å². The van der Waals surface area contributed by atoms with E-state index >= 15 is 0 Å². The van der Waals surface area contributed by atoms with Gasteiger partial charge in [0.1, 0.15) is 18.1 Å². The molecule has 2 heterocycles. The van der Waals surface area contributed by atoms with Crippen molar-refractivity contribution in [1.82, 2.24) is 20.1 Å². The summed E-state index contributed by atoms with van der Waals surface area (Å²) in [5.74, 6) is 2.35. The lowest BCUT2D eigenvalue weighted by atomic mass is 10.2. The third-order valence-electron chi connectivity index (χ3n) is 3.77. The molecule has 1 amide bonds. The average molecular weight is 407 g/mol. The Morgan fingerprint density at radius 1 is 1.30 bits per heavy atom. The number of nitrogens with one attached hydrogen (secondary N) is 1. The highest BCUT2D eigenvalue weighted by atomic mass is 35.5. The summed E-state index contributed by atoms with van der Waals surface area (Å²) in [4.78, 5) is 12.0.